The van der Waals surface area contributed by atoms with E-state index in [0.29, 0.717) is 29.1 Å². The number of aromatic amines is 1. The van der Waals surface area contributed by atoms with E-state index in [2.05, 4.69) is 4.98 Å². The van der Waals surface area contributed by atoms with Gasteiger partial charge in [0.1, 0.15) is 12.4 Å². The van der Waals surface area contributed by atoms with Gasteiger partial charge >= 0.3 is 5.97 Å². The van der Waals surface area contributed by atoms with Gasteiger partial charge in [-0.1, -0.05) is 12.1 Å². The maximum absolute atomic E-state index is 13.0. The highest BCUT2D eigenvalue weighted by Gasteiger charge is 2.29. The van der Waals surface area contributed by atoms with Crippen molar-refractivity contribution >= 4 is 11.8 Å². The highest BCUT2D eigenvalue weighted by Crippen LogP contribution is 2.19. The summed E-state index contributed by atoms with van der Waals surface area (Å²) in [5.74, 6) is -0.807. The fourth-order valence-electron chi connectivity index (χ4n) is 2.92. The third kappa shape index (κ3) is 3.96. The Labute approximate surface area is 146 Å². The summed E-state index contributed by atoms with van der Waals surface area (Å²) in [5, 5.41) is 0. The predicted octanol–water partition coefficient (Wildman–Crippen LogP) is 1.84. The van der Waals surface area contributed by atoms with Gasteiger partial charge in [-0.05, 0) is 38.5 Å². The van der Waals surface area contributed by atoms with E-state index in [4.69, 9.17) is 4.74 Å². The quantitative estimate of drug-likeness (QED) is 0.619. The van der Waals surface area contributed by atoms with Gasteiger partial charge in [0.2, 0.25) is 5.78 Å². The number of H-pyrrole nitrogens is 1. The molecule has 1 aromatic heterocycles. The first-order valence-electron chi connectivity index (χ1n) is 8.14. The average molecular weight is 347 g/mol. The highest BCUT2D eigenvalue weighted by molar-refractivity contribution is 6.03. The fraction of sp³-hybridized carbons (Fsp3) is 0.368. The maximum atomic E-state index is 13.0. The topological polar surface area (TPSA) is 63.6 Å². The number of carbonyl (C=O) groups excluding carboxylic acids is 2. The Bertz CT molecular complexity index is 781. The summed E-state index contributed by atoms with van der Waals surface area (Å²) in [5.41, 5.74) is 3.03. The van der Waals surface area contributed by atoms with E-state index < -0.39 is 5.97 Å². The number of rotatable bonds is 6. The molecule has 0 saturated heterocycles. The normalized spacial score (nSPS) is 13.4. The molecule has 0 radical (unpaired) electrons. The predicted molar refractivity (Wildman–Crippen MR) is 92.4 cm³/mol. The van der Waals surface area contributed by atoms with Crippen LogP contribution in [0.15, 0.2) is 24.3 Å². The number of Topliss-reactive ketones (excluding diaryl/α,β-unsaturated/α-hetero) is 1. The van der Waals surface area contributed by atoms with Crippen LogP contribution in [0.3, 0.4) is 0 Å². The first-order chi connectivity index (χ1) is 11.8. The lowest BCUT2D eigenvalue weighted by atomic mass is 10.0. The minimum atomic E-state index is -0.454. The minimum absolute atomic E-state index is 0.0737. The third-order valence-electron chi connectivity index (χ3n) is 4.60. The molecule has 2 atom stereocenters. The van der Waals surface area contributed by atoms with Crippen LogP contribution in [-0.4, -0.2) is 36.9 Å². The molecule has 0 aliphatic heterocycles. The first kappa shape index (κ1) is 18.9. The molecule has 0 saturated carbocycles. The van der Waals surface area contributed by atoms with E-state index in [1.165, 1.54) is 19.2 Å². The summed E-state index contributed by atoms with van der Waals surface area (Å²) in [4.78, 5) is 28.7. The lowest BCUT2D eigenvalue weighted by Crippen LogP contribution is -3.12. The first-order valence-corrected chi connectivity index (χ1v) is 8.14. The van der Waals surface area contributed by atoms with Gasteiger partial charge < -0.3 is 14.6 Å². The van der Waals surface area contributed by atoms with Crippen LogP contribution in [0.25, 0.3) is 0 Å². The Balaban J connectivity index is 2.19. The number of hydrogen-bond donors (Lipinski definition) is 2. The lowest BCUT2D eigenvalue weighted by Gasteiger charge is -2.20. The zero-order valence-electron chi connectivity index (χ0n) is 15.2. The van der Waals surface area contributed by atoms with Gasteiger partial charge in [0.25, 0.3) is 0 Å². The molecule has 0 fully saturated rings. The van der Waals surface area contributed by atoms with E-state index in [9.17, 15) is 14.0 Å². The van der Waals surface area contributed by atoms with Crippen LogP contribution >= 0.6 is 0 Å². The second kappa shape index (κ2) is 7.61. The molecule has 0 amide bonds. The Hall–Kier alpha value is -2.47. The van der Waals surface area contributed by atoms with Crippen molar-refractivity contribution in [2.24, 2.45) is 0 Å². The van der Waals surface area contributed by atoms with Crippen molar-refractivity contribution in [3.05, 3.63) is 58.2 Å². The summed E-state index contributed by atoms with van der Waals surface area (Å²) >= 11 is 0. The molecule has 0 aliphatic carbocycles. The van der Waals surface area contributed by atoms with Crippen molar-refractivity contribution in [3.8, 4) is 0 Å². The number of benzene rings is 1. The van der Waals surface area contributed by atoms with Gasteiger partial charge in [0.15, 0.2) is 6.04 Å². The van der Waals surface area contributed by atoms with Gasteiger partial charge in [0.05, 0.1) is 25.4 Å². The Kier molecular flexibility index (Phi) is 5.74. The largest absolute Gasteiger partial charge is 0.465 e. The van der Waals surface area contributed by atoms with Crippen LogP contribution in [0.2, 0.25) is 0 Å². The number of halogens is 1. The molecule has 5 nitrogen and oxygen atoms in total. The van der Waals surface area contributed by atoms with E-state index >= 15 is 0 Å². The van der Waals surface area contributed by atoms with E-state index in [1.807, 2.05) is 14.0 Å². The Morgan fingerprint density at radius 1 is 1.24 bits per heavy atom. The van der Waals surface area contributed by atoms with Crippen LogP contribution in [0.4, 0.5) is 4.39 Å². The van der Waals surface area contributed by atoms with Crippen LogP contribution < -0.4 is 4.90 Å². The number of ether oxygens (including phenoxy) is 1. The Morgan fingerprint density at radius 2 is 1.84 bits per heavy atom. The molecule has 2 N–H and O–H groups in total. The van der Waals surface area contributed by atoms with Crippen molar-refractivity contribution in [3.63, 3.8) is 0 Å². The van der Waals surface area contributed by atoms with Crippen LogP contribution in [0, 0.1) is 19.7 Å². The summed E-state index contributed by atoms with van der Waals surface area (Å²) in [6, 6.07) is 5.93. The van der Waals surface area contributed by atoms with E-state index in [1.54, 1.807) is 26.0 Å². The van der Waals surface area contributed by atoms with Crippen molar-refractivity contribution in [2.45, 2.75) is 33.4 Å². The summed E-state index contributed by atoms with van der Waals surface area (Å²) in [6.07, 6.45) is 0. The molecule has 25 heavy (non-hydrogen) atoms. The maximum Gasteiger partial charge on any atom is 0.339 e. The monoisotopic (exact) mass is 347 g/mol. The number of hydrogen-bond acceptors (Lipinski definition) is 3. The van der Waals surface area contributed by atoms with Gasteiger partial charge in [-0.3, -0.25) is 4.79 Å². The van der Waals surface area contributed by atoms with Gasteiger partial charge in [-0.25, -0.2) is 9.18 Å². The van der Waals surface area contributed by atoms with Crippen LogP contribution in [-0.2, 0) is 11.3 Å². The lowest BCUT2D eigenvalue weighted by molar-refractivity contribution is -0.907. The number of aryl methyl sites for hydroxylation is 1. The fourth-order valence-corrected chi connectivity index (χ4v) is 2.92. The molecule has 134 valence electrons. The number of esters is 1. The van der Waals surface area contributed by atoms with Gasteiger partial charge in [0, 0.05) is 11.3 Å². The zero-order chi connectivity index (χ0) is 18.7. The molecular formula is C19H24FN2O3+. The zero-order valence-corrected chi connectivity index (χ0v) is 15.2. The number of quaternary nitrogens is 1. The van der Waals surface area contributed by atoms with Crippen LogP contribution in [0.5, 0.6) is 0 Å². The number of nitrogens with one attached hydrogen (secondary N) is 2. The molecule has 2 aromatic rings. The van der Waals surface area contributed by atoms with Crippen molar-refractivity contribution < 1.29 is 23.6 Å². The highest BCUT2D eigenvalue weighted by atomic mass is 19.1. The summed E-state index contributed by atoms with van der Waals surface area (Å²) in [6.45, 7) is 5.92. The number of carbonyl (C=O) groups is 2. The minimum Gasteiger partial charge on any atom is -0.465 e. The van der Waals surface area contributed by atoms with Crippen molar-refractivity contribution in [2.75, 3.05) is 14.2 Å². The van der Waals surface area contributed by atoms with Gasteiger partial charge in [-0.2, -0.15) is 0 Å². The molecule has 0 spiro atoms. The molecule has 0 aliphatic rings. The summed E-state index contributed by atoms with van der Waals surface area (Å²) < 4.78 is 17.8. The number of likely N-dealkylation sites (N-methyl/N-ethyl adjacent to an activating group) is 1. The molecule has 2 rings (SSSR count). The second-order valence-electron chi connectivity index (χ2n) is 6.35. The molecule has 1 unspecified atom stereocenters. The average Bonchev–Trinajstić information content (AvgIpc) is 2.89. The molecular weight excluding hydrogens is 323 g/mol. The van der Waals surface area contributed by atoms with E-state index in [-0.39, 0.29) is 17.6 Å². The van der Waals surface area contributed by atoms with E-state index in [0.717, 1.165) is 10.5 Å². The molecule has 1 heterocycles. The summed E-state index contributed by atoms with van der Waals surface area (Å²) in [7, 11) is 3.23. The SMILES string of the molecule is COC(=O)c1c(C)[nH]c(C(=O)[C@H](C)[NH+](C)Cc2ccc(F)cc2)c1C. The Morgan fingerprint density at radius 3 is 2.40 bits per heavy atom. The van der Waals surface area contributed by atoms with Crippen molar-refractivity contribution in [1.29, 1.82) is 0 Å². The standard InChI is InChI=1S/C19H23FN2O3/c1-11-16(19(24)25-5)12(2)21-17(11)18(23)13(3)22(4)10-14-6-8-15(20)9-7-14/h6-9,13,21H,10H2,1-5H3/p+1/t13-/m0/s1. The number of aromatic nitrogens is 1. The number of ketones is 1. The molecule has 6 heteroatoms. The number of methoxy groups -OCH3 is 1. The van der Waals surface area contributed by atoms with Crippen LogP contribution in [0.1, 0.15) is 44.6 Å². The molecule has 0 bridgehead atoms. The third-order valence-corrected chi connectivity index (χ3v) is 4.60. The smallest absolute Gasteiger partial charge is 0.339 e. The second-order valence-corrected chi connectivity index (χ2v) is 6.35. The van der Waals surface area contributed by atoms with Crippen molar-refractivity contribution in [1.82, 2.24) is 4.98 Å². The molecule has 1 aromatic carbocycles. The van der Waals surface area contributed by atoms with Gasteiger partial charge in [-0.15, -0.1) is 0 Å².